The van der Waals surface area contributed by atoms with Crippen molar-refractivity contribution in [3.05, 3.63) is 24.3 Å². The minimum absolute atomic E-state index is 0.0223. The molecule has 0 aliphatic carbocycles. The predicted molar refractivity (Wildman–Crippen MR) is 63.6 cm³/mol. The molecule has 2 aromatic rings. The van der Waals surface area contributed by atoms with E-state index in [9.17, 15) is 4.21 Å². The van der Waals surface area contributed by atoms with Crippen molar-refractivity contribution in [2.24, 2.45) is 5.92 Å². The predicted octanol–water partition coefficient (Wildman–Crippen LogP) is 1.30. The van der Waals surface area contributed by atoms with Crippen LogP contribution in [0.3, 0.4) is 0 Å². The van der Waals surface area contributed by atoms with E-state index in [1.165, 1.54) is 0 Å². The summed E-state index contributed by atoms with van der Waals surface area (Å²) in [5.41, 5.74) is 1.71. The number of para-hydroxylation sites is 2. The van der Waals surface area contributed by atoms with E-state index in [0.717, 1.165) is 11.0 Å². The average molecular weight is 238 g/mol. The van der Waals surface area contributed by atoms with Gasteiger partial charge < -0.3 is 10.1 Å². The maximum Gasteiger partial charge on any atom is 0.197 e. The van der Waals surface area contributed by atoms with Crippen LogP contribution in [-0.2, 0) is 10.8 Å². The SMILES string of the molecule is CC(CO)CS(=O)c1nc2ccccc2[nH]1. The maximum absolute atomic E-state index is 11.9. The number of hydrogen-bond acceptors (Lipinski definition) is 3. The highest BCUT2D eigenvalue weighted by Crippen LogP contribution is 2.13. The molecule has 2 atom stereocenters. The Hall–Kier alpha value is -1.20. The molecule has 0 spiro atoms. The van der Waals surface area contributed by atoms with Crippen LogP contribution in [0.15, 0.2) is 29.4 Å². The van der Waals surface area contributed by atoms with E-state index in [2.05, 4.69) is 9.97 Å². The molecule has 0 aliphatic rings. The minimum Gasteiger partial charge on any atom is -0.396 e. The quantitative estimate of drug-likeness (QED) is 0.843. The molecule has 0 bridgehead atoms. The number of nitrogens with zero attached hydrogens (tertiary/aromatic N) is 1. The number of aromatic nitrogens is 2. The molecule has 0 saturated carbocycles. The van der Waals surface area contributed by atoms with Crippen molar-refractivity contribution in [1.82, 2.24) is 9.97 Å². The number of nitrogens with one attached hydrogen (secondary N) is 1. The van der Waals surface area contributed by atoms with Gasteiger partial charge in [-0.2, -0.15) is 0 Å². The first kappa shape index (κ1) is 11.3. The summed E-state index contributed by atoms with van der Waals surface area (Å²) in [4.78, 5) is 7.29. The van der Waals surface area contributed by atoms with Gasteiger partial charge in [0, 0.05) is 12.4 Å². The highest BCUT2D eigenvalue weighted by molar-refractivity contribution is 7.84. The highest BCUT2D eigenvalue weighted by atomic mass is 32.2. The van der Waals surface area contributed by atoms with Crippen molar-refractivity contribution in [2.45, 2.75) is 12.1 Å². The smallest absolute Gasteiger partial charge is 0.197 e. The van der Waals surface area contributed by atoms with Gasteiger partial charge in [-0.25, -0.2) is 4.98 Å². The van der Waals surface area contributed by atoms with E-state index >= 15 is 0 Å². The summed E-state index contributed by atoms with van der Waals surface area (Å²) in [7, 11) is -1.17. The second-order valence-corrected chi connectivity index (χ2v) is 5.27. The van der Waals surface area contributed by atoms with Crippen molar-refractivity contribution in [2.75, 3.05) is 12.4 Å². The van der Waals surface area contributed by atoms with Gasteiger partial charge in [-0.05, 0) is 18.1 Å². The van der Waals surface area contributed by atoms with Gasteiger partial charge in [0.2, 0.25) is 0 Å². The molecular weight excluding hydrogens is 224 g/mol. The average Bonchev–Trinajstić information content (AvgIpc) is 2.72. The standard InChI is InChI=1S/C11H14N2O2S/c1-8(6-14)7-16(15)11-12-9-4-2-3-5-10(9)13-11/h2-5,8,14H,6-7H2,1H3,(H,12,13). The van der Waals surface area contributed by atoms with E-state index in [-0.39, 0.29) is 12.5 Å². The molecule has 0 aliphatic heterocycles. The van der Waals surface area contributed by atoms with E-state index in [0.29, 0.717) is 10.9 Å². The molecule has 0 fully saturated rings. The number of imidazole rings is 1. The Bertz CT molecular complexity index is 476. The topological polar surface area (TPSA) is 66.0 Å². The summed E-state index contributed by atoms with van der Waals surface area (Å²) in [6.07, 6.45) is 0. The number of benzene rings is 1. The number of H-pyrrole nitrogens is 1. The van der Waals surface area contributed by atoms with E-state index in [1.54, 1.807) is 0 Å². The van der Waals surface area contributed by atoms with E-state index in [1.807, 2.05) is 31.2 Å². The monoisotopic (exact) mass is 238 g/mol. The third kappa shape index (κ3) is 2.31. The zero-order valence-corrected chi connectivity index (χ0v) is 9.83. The Morgan fingerprint density at radius 3 is 2.94 bits per heavy atom. The van der Waals surface area contributed by atoms with Gasteiger partial charge >= 0.3 is 0 Å². The Morgan fingerprint density at radius 1 is 1.50 bits per heavy atom. The largest absolute Gasteiger partial charge is 0.396 e. The van der Waals surface area contributed by atoms with Crippen LogP contribution in [0.25, 0.3) is 11.0 Å². The van der Waals surface area contributed by atoms with Crippen molar-refractivity contribution in [3.63, 3.8) is 0 Å². The van der Waals surface area contributed by atoms with Gasteiger partial charge in [-0.3, -0.25) is 4.21 Å². The normalized spacial score (nSPS) is 15.1. The van der Waals surface area contributed by atoms with Crippen LogP contribution >= 0.6 is 0 Å². The molecular formula is C11H14N2O2S. The molecule has 5 heteroatoms. The van der Waals surface area contributed by atoms with E-state index < -0.39 is 10.8 Å². The lowest BCUT2D eigenvalue weighted by Gasteiger charge is -2.04. The fourth-order valence-electron chi connectivity index (χ4n) is 1.43. The third-order valence-corrected chi connectivity index (χ3v) is 3.83. The zero-order chi connectivity index (χ0) is 11.5. The first-order valence-electron chi connectivity index (χ1n) is 5.14. The molecule has 16 heavy (non-hydrogen) atoms. The zero-order valence-electron chi connectivity index (χ0n) is 9.01. The Labute approximate surface area is 96.2 Å². The molecule has 0 amide bonds. The van der Waals surface area contributed by atoms with Crippen LogP contribution in [0.5, 0.6) is 0 Å². The van der Waals surface area contributed by atoms with E-state index in [4.69, 9.17) is 5.11 Å². The number of fused-ring (bicyclic) bond motifs is 1. The molecule has 1 aromatic heterocycles. The van der Waals surface area contributed by atoms with Gasteiger partial charge in [0.1, 0.15) is 0 Å². The van der Waals surface area contributed by atoms with Gasteiger partial charge in [0.15, 0.2) is 5.16 Å². The second kappa shape index (κ2) is 4.76. The molecule has 2 unspecified atom stereocenters. The summed E-state index contributed by atoms with van der Waals surface area (Å²) >= 11 is 0. The maximum atomic E-state index is 11.9. The van der Waals surface area contributed by atoms with Crippen molar-refractivity contribution in [1.29, 1.82) is 0 Å². The summed E-state index contributed by atoms with van der Waals surface area (Å²) in [5.74, 6) is 0.449. The first-order chi connectivity index (χ1) is 7.70. The van der Waals surface area contributed by atoms with Crippen LogP contribution in [-0.4, -0.2) is 31.6 Å². The fourth-order valence-corrected chi connectivity index (χ4v) is 2.63. The fraction of sp³-hybridized carbons (Fsp3) is 0.364. The minimum atomic E-state index is -1.17. The number of hydrogen-bond donors (Lipinski definition) is 2. The summed E-state index contributed by atoms with van der Waals surface area (Å²) < 4.78 is 11.9. The third-order valence-electron chi connectivity index (χ3n) is 2.33. The van der Waals surface area contributed by atoms with Crippen LogP contribution < -0.4 is 0 Å². The molecule has 2 rings (SSSR count). The molecule has 1 aromatic carbocycles. The van der Waals surface area contributed by atoms with Crippen LogP contribution in [0.1, 0.15) is 6.92 Å². The summed E-state index contributed by atoms with van der Waals surface area (Å²) in [5, 5.41) is 9.39. The number of aliphatic hydroxyl groups excluding tert-OH is 1. The Morgan fingerprint density at radius 2 is 2.25 bits per heavy atom. The number of aromatic amines is 1. The lowest BCUT2D eigenvalue weighted by atomic mass is 10.2. The molecule has 2 N–H and O–H groups in total. The van der Waals surface area contributed by atoms with Gasteiger partial charge in [-0.1, -0.05) is 19.1 Å². The van der Waals surface area contributed by atoms with Crippen molar-refractivity contribution in [3.8, 4) is 0 Å². The summed E-state index contributed by atoms with van der Waals surface area (Å²) in [6.45, 7) is 1.91. The first-order valence-corrected chi connectivity index (χ1v) is 6.46. The van der Waals surface area contributed by atoms with Crippen LogP contribution in [0, 0.1) is 5.92 Å². The van der Waals surface area contributed by atoms with Gasteiger partial charge in [0.25, 0.3) is 0 Å². The Balaban J connectivity index is 2.23. The van der Waals surface area contributed by atoms with Gasteiger partial charge in [0.05, 0.1) is 21.8 Å². The lowest BCUT2D eigenvalue weighted by molar-refractivity contribution is 0.250. The van der Waals surface area contributed by atoms with Crippen LogP contribution in [0.4, 0.5) is 0 Å². The van der Waals surface area contributed by atoms with Crippen molar-refractivity contribution < 1.29 is 9.32 Å². The van der Waals surface area contributed by atoms with Crippen molar-refractivity contribution >= 4 is 21.8 Å². The molecule has 4 nitrogen and oxygen atoms in total. The number of aliphatic hydroxyl groups is 1. The lowest BCUT2D eigenvalue weighted by Crippen LogP contribution is -2.12. The highest BCUT2D eigenvalue weighted by Gasteiger charge is 2.12. The second-order valence-electron chi connectivity index (χ2n) is 3.86. The van der Waals surface area contributed by atoms with Crippen LogP contribution in [0.2, 0.25) is 0 Å². The molecule has 0 saturated heterocycles. The molecule has 0 radical (unpaired) electrons. The Kier molecular flexibility index (Phi) is 3.36. The summed E-state index contributed by atoms with van der Waals surface area (Å²) in [6, 6.07) is 7.58. The van der Waals surface area contributed by atoms with Gasteiger partial charge in [-0.15, -0.1) is 0 Å². The molecule has 1 heterocycles. The number of rotatable bonds is 4. The molecule has 86 valence electrons.